The molecule has 178 valence electrons. The van der Waals surface area contributed by atoms with E-state index in [9.17, 15) is 18.0 Å². The standard InChI is InChI=1S/C25H31NO6S/c1-19(27)21-10-13-24(31-2)22(17-21)18-32-25(28)14-9-20-7-11-23(12-8-20)33(29,30)26-15-5-3-4-6-16-26/h7-8,10-13,17H,3-6,9,14-16,18H2,1-2H3. The third-order valence-electron chi connectivity index (χ3n) is 5.82. The van der Waals surface area contributed by atoms with Crippen molar-refractivity contribution < 1.29 is 27.5 Å². The van der Waals surface area contributed by atoms with Crippen LogP contribution in [-0.4, -0.2) is 44.7 Å². The van der Waals surface area contributed by atoms with Crippen LogP contribution < -0.4 is 4.74 Å². The van der Waals surface area contributed by atoms with Gasteiger partial charge in [0.25, 0.3) is 0 Å². The van der Waals surface area contributed by atoms with Crippen molar-refractivity contribution >= 4 is 21.8 Å². The van der Waals surface area contributed by atoms with Crippen LogP contribution in [0.5, 0.6) is 5.75 Å². The summed E-state index contributed by atoms with van der Waals surface area (Å²) in [6.07, 6.45) is 4.52. The number of ketones is 1. The van der Waals surface area contributed by atoms with Gasteiger partial charge < -0.3 is 9.47 Å². The number of carbonyl (C=O) groups excluding carboxylic acids is 2. The molecule has 0 saturated carbocycles. The van der Waals surface area contributed by atoms with Crippen molar-refractivity contribution in [3.63, 3.8) is 0 Å². The molecular formula is C25H31NO6S. The van der Waals surface area contributed by atoms with Gasteiger partial charge in [-0.1, -0.05) is 25.0 Å². The third-order valence-corrected chi connectivity index (χ3v) is 7.73. The predicted octanol–water partition coefficient (Wildman–Crippen LogP) is 4.14. The van der Waals surface area contributed by atoms with Crippen molar-refractivity contribution in [2.75, 3.05) is 20.2 Å². The number of rotatable bonds is 9. The first kappa shape index (κ1) is 24.9. The van der Waals surface area contributed by atoms with Crippen molar-refractivity contribution in [3.05, 3.63) is 59.2 Å². The van der Waals surface area contributed by atoms with Gasteiger partial charge in [-0.15, -0.1) is 0 Å². The highest BCUT2D eigenvalue weighted by molar-refractivity contribution is 7.89. The third kappa shape index (κ3) is 6.65. The molecule has 1 aliphatic rings. The average Bonchev–Trinajstić information content (AvgIpc) is 3.11. The number of ether oxygens (including phenoxy) is 2. The van der Waals surface area contributed by atoms with Crippen molar-refractivity contribution in [3.8, 4) is 5.75 Å². The molecule has 3 rings (SSSR count). The molecule has 7 nitrogen and oxygen atoms in total. The number of Topliss-reactive ketones (excluding diaryl/α,β-unsaturated/α-hetero) is 1. The Bertz CT molecular complexity index is 1070. The van der Waals surface area contributed by atoms with Gasteiger partial charge in [0.15, 0.2) is 5.78 Å². The lowest BCUT2D eigenvalue weighted by Crippen LogP contribution is -2.31. The van der Waals surface area contributed by atoms with Crippen LogP contribution >= 0.6 is 0 Å². The van der Waals surface area contributed by atoms with Crippen LogP contribution in [0.15, 0.2) is 47.4 Å². The van der Waals surface area contributed by atoms with E-state index in [0.717, 1.165) is 31.2 Å². The Morgan fingerprint density at radius 1 is 0.970 bits per heavy atom. The monoisotopic (exact) mass is 473 g/mol. The number of methoxy groups -OCH3 is 1. The van der Waals surface area contributed by atoms with Crippen molar-refractivity contribution in [1.82, 2.24) is 4.31 Å². The highest BCUT2D eigenvalue weighted by Crippen LogP contribution is 2.23. The van der Waals surface area contributed by atoms with Gasteiger partial charge >= 0.3 is 5.97 Å². The summed E-state index contributed by atoms with van der Waals surface area (Å²) in [6.45, 7) is 2.62. The fraction of sp³-hybridized carbons (Fsp3) is 0.440. The number of nitrogens with zero attached hydrogens (tertiary/aromatic N) is 1. The first-order chi connectivity index (χ1) is 15.8. The molecule has 0 atom stereocenters. The summed E-state index contributed by atoms with van der Waals surface area (Å²) in [7, 11) is -1.96. The van der Waals surface area contributed by atoms with Gasteiger partial charge in [0, 0.05) is 30.6 Å². The van der Waals surface area contributed by atoms with Gasteiger partial charge in [-0.05, 0) is 62.1 Å². The minimum atomic E-state index is -3.48. The van der Waals surface area contributed by atoms with E-state index in [0.29, 0.717) is 36.4 Å². The molecule has 0 radical (unpaired) electrons. The van der Waals surface area contributed by atoms with Crippen LogP contribution in [0.3, 0.4) is 0 Å². The molecule has 0 aromatic heterocycles. The van der Waals surface area contributed by atoms with Crippen molar-refractivity contribution in [1.29, 1.82) is 0 Å². The Labute approximate surface area is 195 Å². The van der Waals surface area contributed by atoms with Crippen LogP contribution in [0.1, 0.15) is 60.5 Å². The van der Waals surface area contributed by atoms with Crippen LogP contribution in [0, 0.1) is 0 Å². The first-order valence-electron chi connectivity index (χ1n) is 11.2. The van der Waals surface area contributed by atoms with E-state index in [-0.39, 0.29) is 29.7 Å². The minimum absolute atomic E-state index is 0.0101. The van der Waals surface area contributed by atoms with E-state index in [4.69, 9.17) is 9.47 Å². The summed E-state index contributed by atoms with van der Waals surface area (Å²) in [6, 6.07) is 11.7. The van der Waals surface area contributed by atoms with Gasteiger partial charge in [-0.25, -0.2) is 8.42 Å². The molecule has 2 aromatic rings. The van der Waals surface area contributed by atoms with Gasteiger partial charge in [-0.3, -0.25) is 9.59 Å². The van der Waals surface area contributed by atoms with E-state index in [1.54, 1.807) is 46.8 Å². The number of carbonyl (C=O) groups is 2. The molecule has 0 aliphatic carbocycles. The molecule has 1 fully saturated rings. The molecule has 0 N–H and O–H groups in total. The highest BCUT2D eigenvalue weighted by Gasteiger charge is 2.24. The predicted molar refractivity (Wildman–Crippen MR) is 125 cm³/mol. The molecule has 1 heterocycles. The maximum Gasteiger partial charge on any atom is 0.306 e. The first-order valence-corrected chi connectivity index (χ1v) is 12.7. The van der Waals surface area contributed by atoms with Gasteiger partial charge in [0.05, 0.1) is 12.0 Å². The fourth-order valence-corrected chi connectivity index (χ4v) is 5.36. The zero-order chi connectivity index (χ0) is 23.8. The Kier molecular flexibility index (Phi) is 8.63. The van der Waals surface area contributed by atoms with E-state index in [1.807, 2.05) is 0 Å². The molecule has 33 heavy (non-hydrogen) atoms. The summed E-state index contributed by atoms with van der Waals surface area (Å²) in [5.74, 6) is 0.0899. The fourth-order valence-electron chi connectivity index (χ4n) is 3.85. The largest absolute Gasteiger partial charge is 0.496 e. The zero-order valence-electron chi connectivity index (χ0n) is 19.2. The zero-order valence-corrected chi connectivity index (χ0v) is 20.0. The second kappa shape index (κ2) is 11.4. The summed E-state index contributed by atoms with van der Waals surface area (Å²) in [4.78, 5) is 24.1. The van der Waals surface area contributed by atoms with E-state index >= 15 is 0 Å². The number of esters is 1. The van der Waals surface area contributed by atoms with Crippen molar-refractivity contribution in [2.45, 2.75) is 57.0 Å². The van der Waals surface area contributed by atoms with Crippen LogP contribution in [0.25, 0.3) is 0 Å². The Morgan fingerprint density at radius 2 is 1.64 bits per heavy atom. The lowest BCUT2D eigenvalue weighted by Gasteiger charge is -2.20. The lowest BCUT2D eigenvalue weighted by molar-refractivity contribution is -0.144. The highest BCUT2D eigenvalue weighted by atomic mass is 32.2. The minimum Gasteiger partial charge on any atom is -0.496 e. The second-order valence-electron chi connectivity index (χ2n) is 8.21. The summed E-state index contributed by atoms with van der Waals surface area (Å²) >= 11 is 0. The smallest absolute Gasteiger partial charge is 0.306 e. The molecule has 8 heteroatoms. The maximum atomic E-state index is 12.9. The molecule has 0 bridgehead atoms. The number of benzene rings is 2. The van der Waals surface area contributed by atoms with E-state index < -0.39 is 10.0 Å². The van der Waals surface area contributed by atoms with E-state index in [1.165, 1.54) is 14.0 Å². The second-order valence-corrected chi connectivity index (χ2v) is 10.1. The van der Waals surface area contributed by atoms with Gasteiger partial charge in [0.2, 0.25) is 10.0 Å². The Balaban J connectivity index is 1.55. The normalized spacial score (nSPS) is 15.0. The maximum absolute atomic E-state index is 12.9. The van der Waals surface area contributed by atoms with Gasteiger partial charge in [-0.2, -0.15) is 4.31 Å². The van der Waals surface area contributed by atoms with E-state index in [2.05, 4.69) is 0 Å². The summed E-state index contributed by atoms with van der Waals surface area (Å²) in [5, 5.41) is 0. The van der Waals surface area contributed by atoms with Crippen LogP contribution in [0.2, 0.25) is 0 Å². The Morgan fingerprint density at radius 3 is 2.24 bits per heavy atom. The van der Waals surface area contributed by atoms with Crippen LogP contribution in [-0.2, 0) is 32.6 Å². The number of aryl methyl sites for hydroxylation is 1. The molecule has 1 saturated heterocycles. The van der Waals surface area contributed by atoms with Crippen molar-refractivity contribution in [2.24, 2.45) is 0 Å². The number of hydrogen-bond acceptors (Lipinski definition) is 6. The SMILES string of the molecule is COc1ccc(C(C)=O)cc1COC(=O)CCc1ccc(S(=O)(=O)N2CCCCCC2)cc1. The quantitative estimate of drug-likeness (QED) is 0.402. The molecule has 2 aromatic carbocycles. The molecule has 0 unspecified atom stereocenters. The summed E-state index contributed by atoms with van der Waals surface area (Å²) in [5.41, 5.74) is 2.01. The molecular weight excluding hydrogens is 442 g/mol. The molecule has 0 spiro atoms. The lowest BCUT2D eigenvalue weighted by atomic mass is 10.1. The molecule has 1 aliphatic heterocycles. The topological polar surface area (TPSA) is 90.0 Å². The number of hydrogen-bond donors (Lipinski definition) is 0. The van der Waals surface area contributed by atoms with Crippen LogP contribution in [0.4, 0.5) is 0 Å². The molecule has 0 amide bonds. The number of sulfonamides is 1. The average molecular weight is 474 g/mol. The summed E-state index contributed by atoms with van der Waals surface area (Å²) < 4.78 is 38.0. The Hall–Kier alpha value is -2.71. The van der Waals surface area contributed by atoms with Gasteiger partial charge in [0.1, 0.15) is 12.4 Å².